The fourth-order valence-corrected chi connectivity index (χ4v) is 3.74. The first-order chi connectivity index (χ1) is 9.83. The average Bonchev–Trinajstić information content (AvgIpc) is 2.81. The van der Waals surface area contributed by atoms with Gasteiger partial charge in [-0.05, 0) is 38.6 Å². The lowest BCUT2D eigenvalue weighted by Crippen LogP contribution is -2.38. The number of nitro benzene ring substituents is 1. The van der Waals surface area contributed by atoms with Gasteiger partial charge in [0.05, 0.1) is 4.92 Å². The van der Waals surface area contributed by atoms with Crippen molar-refractivity contribution in [3.05, 3.63) is 28.3 Å². The number of likely N-dealkylation sites (tertiary alicyclic amines) is 1. The Hall–Kier alpha value is -1.71. The van der Waals surface area contributed by atoms with Crippen molar-refractivity contribution in [3.8, 4) is 0 Å². The number of likely N-dealkylation sites (N-methyl/N-ethyl adjacent to an activating group) is 1. The van der Waals surface area contributed by atoms with Gasteiger partial charge in [0.2, 0.25) is 10.0 Å². The molecule has 0 bridgehead atoms. The van der Waals surface area contributed by atoms with Gasteiger partial charge in [0.25, 0.3) is 0 Å². The molecule has 1 aromatic rings. The number of nitrogens with two attached hydrogens (primary N) is 1. The van der Waals surface area contributed by atoms with Crippen LogP contribution >= 0.6 is 0 Å². The Balaban J connectivity index is 2.24. The quantitative estimate of drug-likeness (QED) is 0.465. The van der Waals surface area contributed by atoms with Gasteiger partial charge < -0.3 is 10.6 Å². The molecule has 2 rings (SSSR count). The summed E-state index contributed by atoms with van der Waals surface area (Å²) in [6.07, 6.45) is 1.92. The normalized spacial score (nSPS) is 19.8. The Labute approximate surface area is 123 Å². The van der Waals surface area contributed by atoms with Crippen LogP contribution in [0.1, 0.15) is 12.8 Å². The van der Waals surface area contributed by atoms with Gasteiger partial charge in [-0.3, -0.25) is 10.1 Å². The Bertz CT molecular complexity index is 647. The third-order valence-corrected chi connectivity index (χ3v) is 5.14. The van der Waals surface area contributed by atoms with Crippen molar-refractivity contribution in [1.82, 2.24) is 9.62 Å². The van der Waals surface area contributed by atoms with Crippen LogP contribution in [0.15, 0.2) is 23.1 Å². The number of hydrogen-bond acceptors (Lipinski definition) is 6. The van der Waals surface area contributed by atoms with E-state index in [1.165, 1.54) is 18.2 Å². The highest BCUT2D eigenvalue weighted by molar-refractivity contribution is 7.89. The molecule has 116 valence electrons. The second-order valence-corrected chi connectivity index (χ2v) is 6.82. The lowest BCUT2D eigenvalue weighted by Gasteiger charge is -2.19. The zero-order valence-electron chi connectivity index (χ0n) is 11.7. The van der Waals surface area contributed by atoms with Crippen LogP contribution in [0.3, 0.4) is 0 Å². The number of nitrogens with zero attached hydrogens (tertiary/aromatic N) is 2. The maximum Gasteiger partial charge on any atom is 0.312 e. The molecule has 0 amide bonds. The van der Waals surface area contributed by atoms with Crippen LogP contribution in [-0.4, -0.2) is 44.4 Å². The predicted molar refractivity (Wildman–Crippen MR) is 78.3 cm³/mol. The number of rotatable bonds is 5. The summed E-state index contributed by atoms with van der Waals surface area (Å²) in [5.41, 5.74) is 4.77. The van der Waals surface area contributed by atoms with E-state index in [1.807, 2.05) is 7.05 Å². The van der Waals surface area contributed by atoms with Crippen LogP contribution in [0.25, 0.3) is 0 Å². The third kappa shape index (κ3) is 3.31. The summed E-state index contributed by atoms with van der Waals surface area (Å²) >= 11 is 0. The van der Waals surface area contributed by atoms with E-state index in [9.17, 15) is 18.5 Å². The largest absolute Gasteiger partial charge is 0.393 e. The summed E-state index contributed by atoms with van der Waals surface area (Å²) in [5.74, 6) is 0. The number of anilines is 1. The third-order valence-electron chi connectivity index (χ3n) is 3.68. The van der Waals surface area contributed by atoms with Gasteiger partial charge >= 0.3 is 5.69 Å². The molecule has 1 aliphatic heterocycles. The van der Waals surface area contributed by atoms with Crippen LogP contribution in [-0.2, 0) is 10.0 Å². The highest BCUT2D eigenvalue weighted by Crippen LogP contribution is 2.29. The first-order valence-electron chi connectivity index (χ1n) is 6.55. The lowest BCUT2D eigenvalue weighted by atomic mass is 10.2. The molecule has 1 saturated heterocycles. The minimum atomic E-state index is -3.97. The second-order valence-electron chi connectivity index (χ2n) is 5.08. The second kappa shape index (κ2) is 5.96. The number of hydrogen-bond donors (Lipinski definition) is 2. The first-order valence-corrected chi connectivity index (χ1v) is 8.04. The van der Waals surface area contributed by atoms with E-state index >= 15 is 0 Å². The van der Waals surface area contributed by atoms with E-state index in [0.29, 0.717) is 0 Å². The summed E-state index contributed by atoms with van der Waals surface area (Å²) in [7, 11) is -2.04. The molecule has 0 aliphatic carbocycles. The molecule has 0 spiro atoms. The standard InChI is InChI=1S/C12H18N4O4S/c1-15-7-3-4-9(15)8-14-21(19,20)11-6-2-5-10(13)12(11)16(17)18/h2,5-6,9,14H,3-4,7-8,13H2,1H3. The monoisotopic (exact) mass is 314 g/mol. The van der Waals surface area contributed by atoms with Crippen molar-refractivity contribution in [3.63, 3.8) is 0 Å². The van der Waals surface area contributed by atoms with E-state index in [0.717, 1.165) is 19.4 Å². The molecule has 1 aliphatic rings. The summed E-state index contributed by atoms with van der Waals surface area (Å²) in [6, 6.07) is 4.00. The predicted octanol–water partition coefficient (Wildman–Crippen LogP) is 0.550. The van der Waals surface area contributed by atoms with Crippen LogP contribution in [0.5, 0.6) is 0 Å². The Morgan fingerprint density at radius 3 is 2.81 bits per heavy atom. The molecule has 9 heteroatoms. The average molecular weight is 314 g/mol. The number of benzene rings is 1. The van der Waals surface area contributed by atoms with Gasteiger partial charge in [0.1, 0.15) is 5.69 Å². The van der Waals surface area contributed by atoms with Gasteiger partial charge in [-0.2, -0.15) is 0 Å². The maximum absolute atomic E-state index is 12.3. The van der Waals surface area contributed by atoms with Crippen LogP contribution in [0.2, 0.25) is 0 Å². The SMILES string of the molecule is CN1CCCC1CNS(=O)(=O)c1cccc(N)c1[N+](=O)[O-]. The number of nitrogen functional groups attached to an aromatic ring is 1. The van der Waals surface area contributed by atoms with Crippen molar-refractivity contribution in [2.75, 3.05) is 25.9 Å². The van der Waals surface area contributed by atoms with E-state index < -0.39 is 25.5 Å². The highest BCUT2D eigenvalue weighted by Gasteiger charge is 2.29. The number of nitrogens with one attached hydrogen (secondary N) is 1. The Kier molecular flexibility index (Phi) is 4.45. The van der Waals surface area contributed by atoms with Crippen LogP contribution < -0.4 is 10.5 Å². The first kappa shape index (κ1) is 15.7. The van der Waals surface area contributed by atoms with E-state index in [2.05, 4.69) is 9.62 Å². The summed E-state index contributed by atoms with van der Waals surface area (Å²) in [4.78, 5) is 11.9. The molecule has 1 unspecified atom stereocenters. The molecule has 1 fully saturated rings. The van der Waals surface area contributed by atoms with E-state index in [4.69, 9.17) is 5.73 Å². The summed E-state index contributed by atoms with van der Waals surface area (Å²) in [6.45, 7) is 1.15. The van der Waals surface area contributed by atoms with Gasteiger partial charge in [-0.1, -0.05) is 6.07 Å². The van der Waals surface area contributed by atoms with Crippen molar-refractivity contribution in [1.29, 1.82) is 0 Å². The molecule has 8 nitrogen and oxygen atoms in total. The minimum Gasteiger partial charge on any atom is -0.393 e. The minimum absolute atomic E-state index is 0.111. The van der Waals surface area contributed by atoms with Crippen LogP contribution in [0, 0.1) is 10.1 Å². The van der Waals surface area contributed by atoms with Crippen molar-refractivity contribution >= 4 is 21.4 Å². The van der Waals surface area contributed by atoms with Crippen molar-refractivity contribution in [2.24, 2.45) is 0 Å². The topological polar surface area (TPSA) is 119 Å². The fourth-order valence-electron chi connectivity index (χ4n) is 2.47. The lowest BCUT2D eigenvalue weighted by molar-refractivity contribution is -0.386. The zero-order chi connectivity index (χ0) is 15.6. The molecular formula is C12H18N4O4S. The van der Waals surface area contributed by atoms with Crippen molar-refractivity contribution in [2.45, 2.75) is 23.8 Å². The summed E-state index contributed by atoms with van der Waals surface area (Å²) in [5, 5.41) is 11.0. The van der Waals surface area contributed by atoms with Gasteiger partial charge in [0.15, 0.2) is 4.90 Å². The van der Waals surface area contributed by atoms with Gasteiger partial charge in [-0.15, -0.1) is 0 Å². The summed E-state index contributed by atoms with van der Waals surface area (Å²) < 4.78 is 27.0. The van der Waals surface area contributed by atoms with Crippen molar-refractivity contribution < 1.29 is 13.3 Å². The number of nitro groups is 1. The molecule has 0 saturated carbocycles. The molecule has 1 aromatic carbocycles. The van der Waals surface area contributed by atoms with E-state index in [-0.39, 0.29) is 18.3 Å². The Morgan fingerprint density at radius 1 is 1.52 bits per heavy atom. The highest BCUT2D eigenvalue weighted by atomic mass is 32.2. The van der Waals surface area contributed by atoms with Gasteiger partial charge in [-0.25, -0.2) is 13.1 Å². The molecule has 0 radical (unpaired) electrons. The Morgan fingerprint density at radius 2 is 2.24 bits per heavy atom. The zero-order valence-corrected chi connectivity index (χ0v) is 12.5. The molecule has 3 N–H and O–H groups in total. The van der Waals surface area contributed by atoms with E-state index in [1.54, 1.807) is 0 Å². The molecular weight excluding hydrogens is 296 g/mol. The number of para-hydroxylation sites is 1. The van der Waals surface area contributed by atoms with Crippen LogP contribution in [0.4, 0.5) is 11.4 Å². The number of sulfonamides is 1. The molecule has 1 atom stereocenters. The molecule has 1 heterocycles. The fraction of sp³-hybridized carbons (Fsp3) is 0.500. The van der Waals surface area contributed by atoms with Gasteiger partial charge in [0, 0.05) is 12.6 Å². The molecule has 21 heavy (non-hydrogen) atoms. The maximum atomic E-state index is 12.3. The smallest absolute Gasteiger partial charge is 0.312 e. The molecule has 0 aromatic heterocycles.